The Morgan fingerprint density at radius 3 is 0.911 bits per heavy atom. The number of benzene rings is 1. The molecule has 6 heterocycles. The van der Waals surface area contributed by atoms with Crippen LogP contribution in [0.25, 0.3) is 50.8 Å². The molecule has 0 unspecified atom stereocenters. The van der Waals surface area contributed by atoms with Crippen molar-refractivity contribution in [1.82, 2.24) is 28.7 Å². The lowest BCUT2D eigenvalue weighted by Gasteiger charge is -2.31. The molecule has 45 heavy (non-hydrogen) atoms. The lowest BCUT2D eigenvalue weighted by atomic mass is 9.88. The molecule has 6 aromatic heterocycles. The van der Waals surface area contributed by atoms with Crippen LogP contribution >= 0.6 is 0 Å². The number of aryl methyl sites for hydroxylation is 6. The number of hydrogen-bond acceptors (Lipinski definition) is 3. The van der Waals surface area contributed by atoms with E-state index < -0.39 is 0 Å². The number of aromatic nitrogens is 6. The first-order valence-corrected chi connectivity index (χ1v) is 15.3. The molecule has 6 nitrogen and oxygen atoms in total. The fourth-order valence-corrected chi connectivity index (χ4v) is 6.71. The van der Waals surface area contributed by atoms with Gasteiger partial charge in [-0.05, 0) is 114 Å². The van der Waals surface area contributed by atoms with Crippen molar-refractivity contribution >= 4 is 0 Å². The van der Waals surface area contributed by atoms with Crippen molar-refractivity contribution in [2.45, 2.75) is 41.5 Å². The molecule has 0 aliphatic rings. The predicted octanol–water partition coefficient (Wildman–Crippen LogP) is 9.10. The topological polar surface area (TPSA) is 53.5 Å². The van der Waals surface area contributed by atoms with Crippen LogP contribution in [-0.4, -0.2) is 28.7 Å². The Morgan fingerprint density at radius 2 is 0.622 bits per heavy atom. The van der Waals surface area contributed by atoms with Gasteiger partial charge < -0.3 is 13.7 Å². The first-order chi connectivity index (χ1) is 21.9. The monoisotopic (exact) mass is 588 g/mol. The summed E-state index contributed by atoms with van der Waals surface area (Å²) in [5.41, 5.74) is 15.6. The fourth-order valence-electron chi connectivity index (χ4n) is 6.71. The normalized spacial score (nSPS) is 11.3. The third kappa shape index (κ3) is 4.61. The lowest BCUT2D eigenvalue weighted by molar-refractivity contribution is 0.875. The van der Waals surface area contributed by atoms with Gasteiger partial charge >= 0.3 is 0 Å². The van der Waals surface area contributed by atoms with E-state index in [4.69, 9.17) is 15.0 Å². The van der Waals surface area contributed by atoms with E-state index in [1.807, 2.05) is 36.8 Å². The van der Waals surface area contributed by atoms with E-state index in [0.717, 1.165) is 85.0 Å². The molecule has 0 amide bonds. The van der Waals surface area contributed by atoms with E-state index >= 15 is 0 Å². The van der Waals surface area contributed by atoms with Gasteiger partial charge in [-0.25, -0.2) is 0 Å². The molecule has 6 heteroatoms. The molecule has 7 aromatic rings. The SMILES string of the molecule is Cc1ccc(C)n1-c1c(-c2ccccn2)c(-c2ccccn2)c(-c2ccccn2)c(-n2c(C)ccc2C)c1-n1c(C)ccc1C. The molecule has 7 rings (SSSR count). The number of pyridine rings is 3. The number of rotatable bonds is 6. The highest BCUT2D eigenvalue weighted by Crippen LogP contribution is 2.50. The fraction of sp³-hybridized carbons (Fsp3) is 0.154. The summed E-state index contributed by atoms with van der Waals surface area (Å²) in [6.07, 6.45) is 5.61. The van der Waals surface area contributed by atoms with E-state index in [2.05, 4.69) is 128 Å². The number of nitrogens with zero attached hydrogens (tertiary/aromatic N) is 6. The van der Waals surface area contributed by atoms with Crippen LogP contribution in [0.5, 0.6) is 0 Å². The van der Waals surface area contributed by atoms with Crippen molar-refractivity contribution in [3.05, 3.63) is 144 Å². The highest BCUT2D eigenvalue weighted by atomic mass is 15.1. The Kier molecular flexibility index (Phi) is 7.05. The van der Waals surface area contributed by atoms with Gasteiger partial charge in [-0.2, -0.15) is 0 Å². The van der Waals surface area contributed by atoms with E-state index in [0.29, 0.717) is 0 Å². The van der Waals surface area contributed by atoms with Crippen LogP contribution in [0.2, 0.25) is 0 Å². The van der Waals surface area contributed by atoms with Gasteiger partial charge in [-0.15, -0.1) is 0 Å². The maximum absolute atomic E-state index is 5.02. The van der Waals surface area contributed by atoms with Gasteiger partial charge in [-0.1, -0.05) is 18.2 Å². The van der Waals surface area contributed by atoms with Crippen LogP contribution in [0.3, 0.4) is 0 Å². The molecule has 0 saturated heterocycles. The highest BCUT2D eigenvalue weighted by molar-refractivity contribution is 6.04. The van der Waals surface area contributed by atoms with Gasteiger partial charge in [0.05, 0.1) is 34.1 Å². The Balaban J connectivity index is 1.89. The smallest absolute Gasteiger partial charge is 0.0955 e. The van der Waals surface area contributed by atoms with Crippen molar-refractivity contribution in [3.63, 3.8) is 0 Å². The Bertz CT molecular complexity index is 1980. The van der Waals surface area contributed by atoms with Crippen LogP contribution < -0.4 is 0 Å². The van der Waals surface area contributed by atoms with E-state index in [9.17, 15) is 0 Å². The Labute approximate surface area is 264 Å². The minimum atomic E-state index is 0.860. The molecule has 0 fully saturated rings. The second kappa shape index (κ2) is 11.2. The molecular weight excluding hydrogens is 552 g/mol. The zero-order chi connectivity index (χ0) is 31.2. The molecule has 0 atom stereocenters. The van der Waals surface area contributed by atoms with Crippen molar-refractivity contribution in [2.75, 3.05) is 0 Å². The molecular formula is C39H36N6. The molecule has 0 N–H and O–H groups in total. The number of hydrogen-bond donors (Lipinski definition) is 0. The molecule has 0 bridgehead atoms. The zero-order valence-corrected chi connectivity index (χ0v) is 26.6. The first kappa shape index (κ1) is 28.3. The van der Waals surface area contributed by atoms with Gasteiger partial charge in [0.1, 0.15) is 0 Å². The molecule has 0 radical (unpaired) electrons. The van der Waals surface area contributed by atoms with E-state index in [-0.39, 0.29) is 0 Å². The average Bonchev–Trinajstić information content (AvgIpc) is 3.70. The lowest BCUT2D eigenvalue weighted by Crippen LogP contribution is -2.17. The predicted molar refractivity (Wildman–Crippen MR) is 183 cm³/mol. The molecule has 0 aliphatic carbocycles. The maximum atomic E-state index is 5.02. The summed E-state index contributed by atoms with van der Waals surface area (Å²) in [4.78, 5) is 15.0. The summed E-state index contributed by atoms with van der Waals surface area (Å²) >= 11 is 0. The first-order valence-electron chi connectivity index (χ1n) is 15.3. The van der Waals surface area contributed by atoms with Crippen LogP contribution in [0.15, 0.2) is 110 Å². The van der Waals surface area contributed by atoms with Crippen molar-refractivity contribution in [1.29, 1.82) is 0 Å². The zero-order valence-electron chi connectivity index (χ0n) is 26.6. The maximum Gasteiger partial charge on any atom is 0.0955 e. The van der Waals surface area contributed by atoms with Crippen LogP contribution in [0.1, 0.15) is 34.2 Å². The van der Waals surface area contributed by atoms with Gasteiger partial charge in [-0.3, -0.25) is 15.0 Å². The van der Waals surface area contributed by atoms with Gasteiger partial charge in [0.25, 0.3) is 0 Å². The van der Waals surface area contributed by atoms with Gasteiger partial charge in [0.2, 0.25) is 0 Å². The van der Waals surface area contributed by atoms with E-state index in [1.165, 1.54) is 0 Å². The van der Waals surface area contributed by atoms with Crippen molar-refractivity contribution in [2.24, 2.45) is 0 Å². The second-order valence-corrected chi connectivity index (χ2v) is 11.7. The summed E-state index contributed by atoms with van der Waals surface area (Å²) in [7, 11) is 0. The summed E-state index contributed by atoms with van der Waals surface area (Å²) in [6, 6.07) is 31.5. The van der Waals surface area contributed by atoms with Crippen molar-refractivity contribution in [3.8, 4) is 50.8 Å². The standard InChI is InChI=1S/C39H36N6/c1-25-16-17-26(2)43(25)37-35(32-14-8-11-23-41-32)34(31-13-7-10-22-40-31)36(33-15-9-12-24-42-33)38(44-27(3)18-19-28(44)4)39(37)45-29(5)20-21-30(45)6/h7-24H,1-6H3. The summed E-state index contributed by atoms with van der Waals surface area (Å²) < 4.78 is 7.15. The third-order valence-corrected chi connectivity index (χ3v) is 8.67. The largest absolute Gasteiger partial charge is 0.316 e. The summed E-state index contributed by atoms with van der Waals surface area (Å²) in [5.74, 6) is 0. The molecule has 1 aromatic carbocycles. The Hall–Kier alpha value is -5.49. The Morgan fingerprint density at radius 1 is 0.333 bits per heavy atom. The van der Waals surface area contributed by atoms with Gasteiger partial charge in [0.15, 0.2) is 0 Å². The summed E-state index contributed by atoms with van der Waals surface area (Å²) in [6.45, 7) is 13.1. The molecule has 0 aliphatic heterocycles. The minimum Gasteiger partial charge on any atom is -0.316 e. The summed E-state index contributed by atoms with van der Waals surface area (Å²) in [5, 5.41) is 0. The average molecular weight is 589 g/mol. The van der Waals surface area contributed by atoms with Gasteiger partial charge in [0, 0.05) is 69.4 Å². The van der Waals surface area contributed by atoms with Crippen LogP contribution in [0, 0.1) is 41.5 Å². The second-order valence-electron chi connectivity index (χ2n) is 11.7. The van der Waals surface area contributed by atoms with E-state index in [1.54, 1.807) is 0 Å². The minimum absolute atomic E-state index is 0.860. The van der Waals surface area contributed by atoms with Crippen LogP contribution in [0.4, 0.5) is 0 Å². The molecule has 0 spiro atoms. The van der Waals surface area contributed by atoms with Crippen LogP contribution in [-0.2, 0) is 0 Å². The quantitative estimate of drug-likeness (QED) is 0.195. The molecule has 222 valence electrons. The van der Waals surface area contributed by atoms with Crippen molar-refractivity contribution < 1.29 is 0 Å². The third-order valence-electron chi connectivity index (χ3n) is 8.67. The molecule has 0 saturated carbocycles. The highest BCUT2D eigenvalue weighted by Gasteiger charge is 2.33.